The summed E-state index contributed by atoms with van der Waals surface area (Å²) in [5.74, 6) is -0.275. The number of aromatic nitrogens is 2. The highest BCUT2D eigenvalue weighted by Crippen LogP contribution is 2.29. The molecule has 0 saturated heterocycles. The zero-order valence-electron chi connectivity index (χ0n) is 11.5. The molecule has 1 aliphatic rings. The second kappa shape index (κ2) is 4.93. The first-order valence-electron chi connectivity index (χ1n) is 6.59. The number of nitrogen functional groups attached to an aromatic ring is 1. The molecule has 0 atom stereocenters. The second-order valence-corrected chi connectivity index (χ2v) is 4.84. The van der Waals surface area contributed by atoms with Crippen molar-refractivity contribution in [1.29, 1.82) is 0 Å². The number of amides is 2. The Hall–Kier alpha value is -2.83. The van der Waals surface area contributed by atoms with Crippen LogP contribution in [0.25, 0.3) is 5.69 Å². The smallest absolute Gasteiger partial charge is 0.271 e. The average molecular weight is 285 g/mol. The van der Waals surface area contributed by atoms with Crippen molar-refractivity contribution < 1.29 is 9.59 Å². The molecule has 0 unspecified atom stereocenters. The van der Waals surface area contributed by atoms with Crippen LogP contribution in [0, 0.1) is 0 Å². The van der Waals surface area contributed by atoms with Crippen molar-refractivity contribution in [3.63, 3.8) is 0 Å². The van der Waals surface area contributed by atoms with Gasteiger partial charge in [0.2, 0.25) is 5.91 Å². The Morgan fingerprint density at radius 2 is 2.24 bits per heavy atom. The van der Waals surface area contributed by atoms with Crippen LogP contribution in [0.2, 0.25) is 0 Å². The fourth-order valence-corrected chi connectivity index (χ4v) is 2.34. The summed E-state index contributed by atoms with van der Waals surface area (Å²) in [6, 6.07) is 5.23. The van der Waals surface area contributed by atoms with Gasteiger partial charge in [-0.15, -0.1) is 0 Å². The molecule has 3 rings (SSSR count). The molecule has 4 N–H and O–H groups in total. The van der Waals surface area contributed by atoms with E-state index in [0.717, 1.165) is 11.3 Å². The van der Waals surface area contributed by atoms with Crippen LogP contribution < -0.4 is 16.4 Å². The molecule has 7 heteroatoms. The van der Waals surface area contributed by atoms with E-state index in [-0.39, 0.29) is 11.8 Å². The second-order valence-electron chi connectivity index (χ2n) is 4.84. The van der Waals surface area contributed by atoms with Gasteiger partial charge < -0.3 is 16.4 Å². The molecule has 1 aromatic heterocycles. The Bertz CT molecular complexity index is 735. The fourth-order valence-electron chi connectivity index (χ4n) is 2.34. The van der Waals surface area contributed by atoms with E-state index < -0.39 is 0 Å². The molecule has 0 fully saturated rings. The van der Waals surface area contributed by atoms with Crippen LogP contribution in [0.3, 0.4) is 0 Å². The summed E-state index contributed by atoms with van der Waals surface area (Å²) in [6.07, 6.45) is 2.80. The first-order valence-corrected chi connectivity index (χ1v) is 6.59. The minimum atomic E-state index is -0.265. The van der Waals surface area contributed by atoms with E-state index in [0.29, 0.717) is 29.9 Å². The summed E-state index contributed by atoms with van der Waals surface area (Å²) < 4.78 is 1.53. The number of benzene rings is 1. The summed E-state index contributed by atoms with van der Waals surface area (Å²) in [4.78, 5) is 23.0. The van der Waals surface area contributed by atoms with Gasteiger partial charge in [-0.25, -0.2) is 4.68 Å². The van der Waals surface area contributed by atoms with E-state index in [1.807, 2.05) is 6.07 Å². The topological polar surface area (TPSA) is 102 Å². The lowest BCUT2D eigenvalue weighted by Crippen LogP contribution is -2.20. The monoisotopic (exact) mass is 285 g/mol. The van der Waals surface area contributed by atoms with Crippen LogP contribution in [0.1, 0.15) is 22.5 Å². The summed E-state index contributed by atoms with van der Waals surface area (Å²) >= 11 is 0. The maximum Gasteiger partial charge on any atom is 0.271 e. The standard InChI is InChI=1S/C14H15N5O2/c1-16-14(21)10-4-5-19(18-10)12-7-11-8(6-9(12)15)2-3-13(20)17-11/h4-7H,2-3,15H2,1H3,(H,16,21)(H,17,20). The minimum Gasteiger partial charge on any atom is -0.397 e. The first kappa shape index (κ1) is 13.2. The predicted molar refractivity (Wildman–Crippen MR) is 78.3 cm³/mol. The summed E-state index contributed by atoms with van der Waals surface area (Å²) in [7, 11) is 1.55. The Morgan fingerprint density at radius 3 is 3.00 bits per heavy atom. The zero-order chi connectivity index (χ0) is 15.0. The highest BCUT2D eigenvalue weighted by Gasteiger charge is 2.18. The molecule has 0 saturated carbocycles. The van der Waals surface area contributed by atoms with Crippen molar-refractivity contribution in [2.75, 3.05) is 18.1 Å². The largest absolute Gasteiger partial charge is 0.397 e. The van der Waals surface area contributed by atoms with E-state index >= 15 is 0 Å². The molecular weight excluding hydrogens is 270 g/mol. The molecule has 21 heavy (non-hydrogen) atoms. The quantitative estimate of drug-likeness (QED) is 0.707. The Morgan fingerprint density at radius 1 is 1.43 bits per heavy atom. The zero-order valence-corrected chi connectivity index (χ0v) is 11.5. The minimum absolute atomic E-state index is 0.00950. The van der Waals surface area contributed by atoms with Gasteiger partial charge in [-0.05, 0) is 30.2 Å². The van der Waals surface area contributed by atoms with Crippen LogP contribution in [-0.2, 0) is 11.2 Å². The van der Waals surface area contributed by atoms with Crippen molar-refractivity contribution in [3.8, 4) is 5.69 Å². The van der Waals surface area contributed by atoms with Gasteiger partial charge in [0.1, 0.15) is 0 Å². The molecule has 0 spiro atoms. The van der Waals surface area contributed by atoms with Crippen molar-refractivity contribution >= 4 is 23.2 Å². The van der Waals surface area contributed by atoms with Gasteiger partial charge >= 0.3 is 0 Å². The number of rotatable bonds is 2. The number of fused-ring (bicyclic) bond motifs is 1. The predicted octanol–water partition coefficient (Wildman–Crippen LogP) is 0.699. The van der Waals surface area contributed by atoms with E-state index in [1.165, 1.54) is 4.68 Å². The van der Waals surface area contributed by atoms with E-state index in [2.05, 4.69) is 15.7 Å². The van der Waals surface area contributed by atoms with Crippen molar-refractivity contribution in [3.05, 3.63) is 35.7 Å². The molecule has 1 aromatic carbocycles. The van der Waals surface area contributed by atoms with E-state index in [9.17, 15) is 9.59 Å². The maximum atomic E-state index is 11.5. The molecule has 0 radical (unpaired) electrons. The van der Waals surface area contributed by atoms with Crippen molar-refractivity contribution in [2.24, 2.45) is 0 Å². The molecule has 2 amide bonds. The molecule has 2 heterocycles. The number of anilines is 2. The number of nitrogens with two attached hydrogens (primary N) is 1. The number of carbonyl (C=O) groups excluding carboxylic acids is 2. The molecular formula is C14H15N5O2. The molecule has 2 aromatic rings. The third-order valence-corrected chi connectivity index (χ3v) is 3.44. The number of aryl methyl sites for hydroxylation is 1. The van der Waals surface area contributed by atoms with Crippen LogP contribution in [-0.4, -0.2) is 28.6 Å². The van der Waals surface area contributed by atoms with Crippen molar-refractivity contribution in [2.45, 2.75) is 12.8 Å². The maximum absolute atomic E-state index is 11.5. The summed E-state index contributed by atoms with van der Waals surface area (Å²) in [6.45, 7) is 0. The number of nitrogens with zero attached hydrogens (tertiary/aromatic N) is 2. The Kier molecular flexibility index (Phi) is 3.09. The van der Waals surface area contributed by atoms with Crippen LogP contribution >= 0.6 is 0 Å². The highest BCUT2D eigenvalue weighted by molar-refractivity contribution is 5.95. The molecule has 1 aliphatic heterocycles. The SMILES string of the molecule is CNC(=O)c1ccn(-c2cc3c(cc2N)CCC(=O)N3)n1. The van der Waals surface area contributed by atoms with Gasteiger partial charge in [-0.3, -0.25) is 9.59 Å². The van der Waals surface area contributed by atoms with E-state index in [1.54, 1.807) is 25.4 Å². The third-order valence-electron chi connectivity index (χ3n) is 3.44. The normalized spacial score (nSPS) is 13.5. The molecule has 108 valence electrons. The number of hydrogen-bond acceptors (Lipinski definition) is 4. The average Bonchev–Trinajstić information content (AvgIpc) is 2.95. The van der Waals surface area contributed by atoms with Crippen LogP contribution in [0.4, 0.5) is 11.4 Å². The highest BCUT2D eigenvalue weighted by atomic mass is 16.2. The third kappa shape index (κ3) is 2.33. The Balaban J connectivity index is 2.02. The van der Waals surface area contributed by atoms with Gasteiger partial charge in [0, 0.05) is 25.4 Å². The summed E-state index contributed by atoms with van der Waals surface area (Å²) in [5, 5.41) is 9.53. The van der Waals surface area contributed by atoms with Gasteiger partial charge in [-0.2, -0.15) is 5.10 Å². The Labute approximate surface area is 121 Å². The van der Waals surface area contributed by atoms with Gasteiger partial charge in [0.25, 0.3) is 5.91 Å². The van der Waals surface area contributed by atoms with Gasteiger partial charge in [0.05, 0.1) is 11.4 Å². The lowest BCUT2D eigenvalue weighted by atomic mass is 10.0. The lowest BCUT2D eigenvalue weighted by Gasteiger charge is -2.19. The van der Waals surface area contributed by atoms with Crippen LogP contribution in [0.15, 0.2) is 24.4 Å². The molecule has 0 bridgehead atoms. The molecule has 7 nitrogen and oxygen atoms in total. The van der Waals surface area contributed by atoms with Crippen molar-refractivity contribution in [1.82, 2.24) is 15.1 Å². The molecule has 0 aliphatic carbocycles. The lowest BCUT2D eigenvalue weighted by molar-refractivity contribution is -0.116. The fraction of sp³-hybridized carbons (Fsp3) is 0.214. The first-order chi connectivity index (χ1) is 10.1. The number of nitrogens with one attached hydrogen (secondary N) is 2. The summed E-state index contributed by atoms with van der Waals surface area (Å²) in [5.41, 5.74) is 9.29. The van der Waals surface area contributed by atoms with E-state index in [4.69, 9.17) is 5.73 Å². The number of hydrogen-bond donors (Lipinski definition) is 3. The van der Waals surface area contributed by atoms with Gasteiger partial charge in [0.15, 0.2) is 5.69 Å². The van der Waals surface area contributed by atoms with Crippen LogP contribution in [0.5, 0.6) is 0 Å². The van der Waals surface area contributed by atoms with Gasteiger partial charge in [-0.1, -0.05) is 0 Å². The number of carbonyl (C=O) groups is 2.